The van der Waals surface area contributed by atoms with Crippen LogP contribution >= 0.6 is 0 Å². The summed E-state index contributed by atoms with van der Waals surface area (Å²) in [6.07, 6.45) is 1.54. The van der Waals surface area contributed by atoms with Gasteiger partial charge in [0.1, 0.15) is 6.04 Å². The summed E-state index contributed by atoms with van der Waals surface area (Å²) in [6, 6.07) is 8.32. The first-order valence-electron chi connectivity index (χ1n) is 10.2. The Morgan fingerprint density at radius 1 is 1.17 bits per heavy atom. The Bertz CT molecular complexity index is 811. The molecule has 0 saturated carbocycles. The van der Waals surface area contributed by atoms with Gasteiger partial charge in [-0.3, -0.25) is 19.3 Å². The van der Waals surface area contributed by atoms with Gasteiger partial charge in [-0.05, 0) is 24.8 Å². The molecule has 2 saturated heterocycles. The monoisotopic (exact) mass is 416 g/mol. The first-order valence-corrected chi connectivity index (χ1v) is 10.2. The van der Waals surface area contributed by atoms with Crippen molar-refractivity contribution < 1.29 is 28.7 Å². The summed E-state index contributed by atoms with van der Waals surface area (Å²) in [5.74, 6) is -1.42. The van der Waals surface area contributed by atoms with E-state index < -0.39 is 17.4 Å². The molecule has 162 valence electrons. The van der Waals surface area contributed by atoms with Gasteiger partial charge < -0.3 is 14.4 Å². The van der Waals surface area contributed by atoms with Crippen LogP contribution in [0.5, 0.6) is 0 Å². The van der Waals surface area contributed by atoms with Crippen LogP contribution in [0.25, 0.3) is 0 Å². The van der Waals surface area contributed by atoms with E-state index in [4.69, 9.17) is 9.47 Å². The van der Waals surface area contributed by atoms with Crippen LogP contribution in [0.2, 0.25) is 0 Å². The number of likely N-dealkylation sites (tertiary alicyclic amines) is 2. The van der Waals surface area contributed by atoms with Crippen LogP contribution in [0.1, 0.15) is 37.7 Å². The van der Waals surface area contributed by atoms with E-state index in [-0.39, 0.29) is 37.1 Å². The van der Waals surface area contributed by atoms with Crippen LogP contribution in [0.4, 0.5) is 0 Å². The van der Waals surface area contributed by atoms with E-state index in [1.807, 2.05) is 6.07 Å². The number of hydrogen-bond acceptors (Lipinski definition) is 6. The van der Waals surface area contributed by atoms with E-state index >= 15 is 0 Å². The first kappa shape index (κ1) is 22.0. The van der Waals surface area contributed by atoms with Gasteiger partial charge in [-0.2, -0.15) is 0 Å². The molecular weight excluding hydrogens is 388 g/mol. The predicted molar refractivity (Wildman–Crippen MR) is 107 cm³/mol. The van der Waals surface area contributed by atoms with Crippen LogP contribution in [0.15, 0.2) is 30.3 Å². The standard InChI is InChI=1S/C22H28N2O6/c1-29-13-7-12-24-19(26)15-22(21(24)28,16-8-4-3-5-9-16)14-18(25)23-11-6-10-17(23)20(27)30-2/h3-5,8-9,17H,6-7,10-15H2,1-2H3/t17-,22?/m0/s1. The Hall–Kier alpha value is -2.74. The summed E-state index contributed by atoms with van der Waals surface area (Å²) in [6.45, 7) is 1.12. The second-order valence-electron chi connectivity index (χ2n) is 7.77. The molecule has 0 N–H and O–H groups in total. The normalized spacial score (nSPS) is 23.9. The maximum Gasteiger partial charge on any atom is 0.328 e. The van der Waals surface area contributed by atoms with Crippen LogP contribution in [-0.2, 0) is 34.1 Å². The van der Waals surface area contributed by atoms with Gasteiger partial charge in [0.05, 0.1) is 12.5 Å². The van der Waals surface area contributed by atoms with E-state index in [1.54, 1.807) is 31.4 Å². The minimum atomic E-state index is -1.26. The quantitative estimate of drug-likeness (QED) is 0.360. The fourth-order valence-corrected chi connectivity index (χ4v) is 4.42. The highest BCUT2D eigenvalue weighted by atomic mass is 16.5. The van der Waals surface area contributed by atoms with Crippen LogP contribution in [-0.4, -0.2) is 73.4 Å². The number of hydrogen-bond donors (Lipinski definition) is 0. The minimum absolute atomic E-state index is 0.0642. The third kappa shape index (κ3) is 4.09. The Morgan fingerprint density at radius 2 is 1.90 bits per heavy atom. The lowest BCUT2D eigenvalue weighted by atomic mass is 9.75. The molecule has 1 aromatic carbocycles. The minimum Gasteiger partial charge on any atom is -0.467 e. The van der Waals surface area contributed by atoms with Gasteiger partial charge in [0.15, 0.2) is 0 Å². The number of esters is 1. The second-order valence-corrected chi connectivity index (χ2v) is 7.77. The SMILES string of the molecule is COCCCN1C(=O)CC(CC(=O)N2CCC[C@H]2C(=O)OC)(c2ccccc2)C1=O. The Kier molecular flexibility index (Phi) is 6.87. The number of nitrogens with zero attached hydrogens (tertiary/aromatic N) is 2. The molecule has 1 unspecified atom stereocenters. The van der Waals surface area contributed by atoms with Crippen molar-refractivity contribution in [2.24, 2.45) is 0 Å². The average Bonchev–Trinajstić information content (AvgIpc) is 3.33. The van der Waals surface area contributed by atoms with Crippen LogP contribution in [0.3, 0.4) is 0 Å². The zero-order valence-corrected chi connectivity index (χ0v) is 17.5. The van der Waals surface area contributed by atoms with E-state index in [9.17, 15) is 19.2 Å². The van der Waals surface area contributed by atoms with Crippen molar-refractivity contribution in [1.82, 2.24) is 9.80 Å². The number of ether oxygens (including phenoxy) is 2. The van der Waals surface area contributed by atoms with Crippen molar-refractivity contribution in [2.45, 2.75) is 43.6 Å². The number of carbonyl (C=O) groups is 4. The lowest BCUT2D eigenvalue weighted by Crippen LogP contribution is -2.46. The molecule has 2 aliphatic heterocycles. The molecule has 2 heterocycles. The molecule has 0 bridgehead atoms. The summed E-state index contributed by atoms with van der Waals surface area (Å²) < 4.78 is 9.86. The van der Waals surface area contributed by atoms with Crippen molar-refractivity contribution >= 4 is 23.7 Å². The number of carbonyl (C=O) groups excluding carboxylic acids is 4. The second kappa shape index (κ2) is 9.38. The zero-order valence-electron chi connectivity index (χ0n) is 17.5. The smallest absolute Gasteiger partial charge is 0.328 e. The van der Waals surface area contributed by atoms with Gasteiger partial charge in [0.2, 0.25) is 17.7 Å². The van der Waals surface area contributed by atoms with E-state index in [1.165, 1.54) is 16.9 Å². The lowest BCUT2D eigenvalue weighted by molar-refractivity contribution is -0.151. The largest absolute Gasteiger partial charge is 0.467 e. The molecule has 0 aliphatic carbocycles. The first-order chi connectivity index (χ1) is 14.4. The number of rotatable bonds is 8. The van der Waals surface area contributed by atoms with E-state index in [0.29, 0.717) is 38.0 Å². The molecule has 3 amide bonds. The molecule has 2 aliphatic rings. The van der Waals surface area contributed by atoms with Gasteiger partial charge >= 0.3 is 5.97 Å². The Morgan fingerprint density at radius 3 is 2.57 bits per heavy atom. The zero-order chi connectivity index (χ0) is 21.7. The Balaban J connectivity index is 1.89. The summed E-state index contributed by atoms with van der Waals surface area (Å²) in [5, 5.41) is 0. The Labute approximate surface area is 176 Å². The van der Waals surface area contributed by atoms with Crippen molar-refractivity contribution in [2.75, 3.05) is 33.9 Å². The molecule has 2 fully saturated rings. The van der Waals surface area contributed by atoms with Gasteiger partial charge in [0, 0.05) is 39.6 Å². The fourth-order valence-electron chi connectivity index (χ4n) is 4.42. The molecular formula is C22H28N2O6. The molecule has 0 radical (unpaired) electrons. The molecule has 0 aromatic heterocycles. The lowest BCUT2D eigenvalue weighted by Gasteiger charge is -2.30. The van der Waals surface area contributed by atoms with Crippen molar-refractivity contribution in [3.63, 3.8) is 0 Å². The highest BCUT2D eigenvalue weighted by Crippen LogP contribution is 2.41. The third-order valence-electron chi connectivity index (χ3n) is 5.96. The number of benzene rings is 1. The van der Waals surface area contributed by atoms with Gasteiger partial charge in [-0.1, -0.05) is 30.3 Å². The van der Waals surface area contributed by atoms with Gasteiger partial charge in [-0.15, -0.1) is 0 Å². The molecule has 2 atom stereocenters. The number of methoxy groups -OCH3 is 2. The summed E-state index contributed by atoms with van der Waals surface area (Å²) in [5.41, 5.74) is -0.620. The highest BCUT2D eigenvalue weighted by Gasteiger charge is 2.54. The van der Waals surface area contributed by atoms with Gasteiger partial charge in [-0.25, -0.2) is 4.79 Å². The maximum atomic E-state index is 13.5. The van der Waals surface area contributed by atoms with Crippen molar-refractivity contribution in [1.29, 1.82) is 0 Å². The summed E-state index contributed by atoms with van der Waals surface area (Å²) in [4.78, 5) is 54.3. The topological polar surface area (TPSA) is 93.2 Å². The maximum absolute atomic E-state index is 13.5. The fraction of sp³-hybridized carbons (Fsp3) is 0.545. The van der Waals surface area contributed by atoms with Gasteiger partial charge in [0.25, 0.3) is 0 Å². The molecule has 30 heavy (non-hydrogen) atoms. The van der Waals surface area contributed by atoms with Crippen molar-refractivity contribution in [3.8, 4) is 0 Å². The highest BCUT2D eigenvalue weighted by molar-refractivity contribution is 6.10. The summed E-state index contributed by atoms with van der Waals surface area (Å²) in [7, 11) is 2.86. The third-order valence-corrected chi connectivity index (χ3v) is 5.96. The van der Waals surface area contributed by atoms with Crippen LogP contribution < -0.4 is 0 Å². The van der Waals surface area contributed by atoms with E-state index in [0.717, 1.165) is 0 Å². The van der Waals surface area contributed by atoms with E-state index in [2.05, 4.69) is 0 Å². The molecule has 3 rings (SSSR count). The van der Waals surface area contributed by atoms with Crippen LogP contribution in [0, 0.1) is 0 Å². The average molecular weight is 416 g/mol. The van der Waals surface area contributed by atoms with Crippen molar-refractivity contribution in [3.05, 3.63) is 35.9 Å². The molecule has 8 heteroatoms. The number of amides is 3. The predicted octanol–water partition coefficient (Wildman–Crippen LogP) is 1.27. The molecule has 0 spiro atoms. The summed E-state index contributed by atoms with van der Waals surface area (Å²) >= 11 is 0. The molecule has 8 nitrogen and oxygen atoms in total. The number of imide groups is 1. The molecule has 1 aromatic rings.